The van der Waals surface area contributed by atoms with Crippen LogP contribution in [0.2, 0.25) is 0 Å². The Morgan fingerprint density at radius 2 is 1.93 bits per heavy atom. The molecule has 6 rings (SSSR count). The van der Waals surface area contributed by atoms with E-state index in [1.54, 1.807) is 23.3 Å². The number of imidazole rings is 1. The number of carbonyl (C=O) groups is 1. The highest BCUT2D eigenvalue weighted by Crippen LogP contribution is 2.32. The summed E-state index contributed by atoms with van der Waals surface area (Å²) in [6.07, 6.45) is 7.26. The number of hydrogen-bond donors (Lipinski definition) is 1. The first-order valence-corrected chi connectivity index (χ1v) is 13.5. The molecule has 5 aromatic rings. The van der Waals surface area contributed by atoms with Gasteiger partial charge < -0.3 is 10.2 Å². The smallest absolute Gasteiger partial charge is 0.228 e. The van der Waals surface area contributed by atoms with Gasteiger partial charge in [0.1, 0.15) is 18.0 Å². The maximum atomic E-state index is 14.9. The number of nitrogens with zero attached hydrogens (tertiary/aromatic N) is 5. The number of nitrogens with one attached hydrogen (secondary N) is 1. The molecule has 1 aliphatic rings. The Bertz CT molecular complexity index is 1710. The van der Waals surface area contributed by atoms with Gasteiger partial charge in [-0.2, -0.15) is 5.10 Å². The zero-order chi connectivity index (χ0) is 27.8. The Morgan fingerprint density at radius 3 is 2.70 bits per heavy atom. The second kappa shape index (κ2) is 10.7. The number of likely N-dealkylation sites (tertiary alicyclic amines) is 1. The number of rotatable bonds is 6. The topological polar surface area (TPSA) is 68.0 Å². The molecule has 1 amide bonds. The minimum absolute atomic E-state index is 0.0579. The summed E-state index contributed by atoms with van der Waals surface area (Å²) in [4.78, 5) is 20.2. The van der Waals surface area contributed by atoms with Crippen LogP contribution in [0, 0.1) is 17.6 Å². The zero-order valence-corrected chi connectivity index (χ0v) is 22.4. The lowest BCUT2D eigenvalue weighted by Gasteiger charge is -2.31. The molecular formula is C31H30F2N6O. The fourth-order valence-electron chi connectivity index (χ4n) is 5.47. The van der Waals surface area contributed by atoms with Crippen molar-refractivity contribution < 1.29 is 13.6 Å². The van der Waals surface area contributed by atoms with E-state index in [4.69, 9.17) is 0 Å². The van der Waals surface area contributed by atoms with Crippen molar-refractivity contribution in [3.05, 3.63) is 85.0 Å². The van der Waals surface area contributed by atoms with Gasteiger partial charge in [0.2, 0.25) is 5.91 Å². The molecule has 1 saturated heterocycles. The normalized spacial score (nSPS) is 15.9. The molecule has 0 radical (unpaired) electrons. The van der Waals surface area contributed by atoms with E-state index in [1.165, 1.54) is 12.1 Å². The van der Waals surface area contributed by atoms with Crippen LogP contribution in [-0.4, -0.2) is 49.8 Å². The largest absolute Gasteiger partial charge is 0.326 e. The molecule has 0 aliphatic carbocycles. The van der Waals surface area contributed by atoms with E-state index in [0.717, 1.165) is 54.2 Å². The lowest BCUT2D eigenvalue weighted by Crippen LogP contribution is -2.40. The van der Waals surface area contributed by atoms with Crippen molar-refractivity contribution >= 4 is 22.6 Å². The van der Waals surface area contributed by atoms with Crippen LogP contribution in [0.25, 0.3) is 39.0 Å². The number of amides is 1. The molecular weight excluding hydrogens is 510 g/mol. The number of hydrogen-bond acceptors (Lipinski definition) is 4. The molecule has 1 atom stereocenters. The molecule has 0 spiro atoms. The predicted molar refractivity (Wildman–Crippen MR) is 152 cm³/mol. The zero-order valence-electron chi connectivity index (χ0n) is 22.4. The molecule has 0 saturated carbocycles. The molecule has 1 N–H and O–H groups in total. The van der Waals surface area contributed by atoms with Crippen LogP contribution in [0.5, 0.6) is 0 Å². The van der Waals surface area contributed by atoms with Gasteiger partial charge in [-0.1, -0.05) is 13.0 Å². The average molecular weight is 541 g/mol. The van der Waals surface area contributed by atoms with Gasteiger partial charge in [0.15, 0.2) is 0 Å². The summed E-state index contributed by atoms with van der Waals surface area (Å²) in [5, 5.41) is 7.33. The van der Waals surface area contributed by atoms with Gasteiger partial charge in [0.25, 0.3) is 0 Å². The van der Waals surface area contributed by atoms with E-state index >= 15 is 0 Å². The van der Waals surface area contributed by atoms with Crippen molar-refractivity contribution in [1.82, 2.24) is 24.2 Å². The average Bonchev–Trinajstić information content (AvgIpc) is 3.58. The summed E-state index contributed by atoms with van der Waals surface area (Å²) < 4.78 is 32.2. The second-order valence-electron chi connectivity index (χ2n) is 10.3. The first-order chi connectivity index (χ1) is 19.4. The molecule has 1 aliphatic heterocycles. The van der Waals surface area contributed by atoms with E-state index < -0.39 is 11.6 Å². The monoisotopic (exact) mass is 540 g/mol. The number of anilines is 1. The third-order valence-electron chi connectivity index (χ3n) is 7.61. The van der Waals surface area contributed by atoms with Gasteiger partial charge in [-0.15, -0.1) is 0 Å². The summed E-state index contributed by atoms with van der Waals surface area (Å²) in [6, 6.07) is 14.9. The Labute approximate surface area is 231 Å². The third kappa shape index (κ3) is 5.12. The maximum Gasteiger partial charge on any atom is 0.228 e. The number of halogens is 2. The van der Waals surface area contributed by atoms with Crippen LogP contribution in [0.1, 0.15) is 19.8 Å². The third-order valence-corrected chi connectivity index (χ3v) is 7.61. The SMILES string of the molecule is CCN1CCCC(C(=O)Nc2cc(-c3ccc(F)cc3F)cc(-n3cnc4cc(-c5cnn(C)c5)ccc43)c2)C1. The van der Waals surface area contributed by atoms with Gasteiger partial charge in [-0.25, -0.2) is 13.8 Å². The van der Waals surface area contributed by atoms with Crippen molar-refractivity contribution in [2.45, 2.75) is 19.8 Å². The predicted octanol–water partition coefficient (Wildman–Crippen LogP) is 6.04. The standard InChI is InChI=1S/C31H30F2N6O/c1-3-38-10-4-5-21(18-38)31(40)36-25-11-22(27-8-7-24(32)14-28(27)33)12-26(15-25)39-19-34-29-13-20(6-9-30(29)39)23-16-35-37(2)17-23/h6-9,11-17,19,21H,3-5,10,18H2,1-2H3,(H,36,40). The summed E-state index contributed by atoms with van der Waals surface area (Å²) >= 11 is 0. The van der Waals surface area contributed by atoms with Crippen LogP contribution in [-0.2, 0) is 11.8 Å². The fourth-order valence-corrected chi connectivity index (χ4v) is 5.47. The molecule has 3 aromatic carbocycles. The molecule has 1 unspecified atom stereocenters. The van der Waals surface area contributed by atoms with E-state index in [1.807, 2.05) is 48.1 Å². The molecule has 3 heterocycles. The van der Waals surface area contributed by atoms with Crippen LogP contribution in [0.15, 0.2) is 73.3 Å². The van der Waals surface area contributed by atoms with Gasteiger partial charge >= 0.3 is 0 Å². The van der Waals surface area contributed by atoms with Crippen LogP contribution >= 0.6 is 0 Å². The number of fused-ring (bicyclic) bond motifs is 1. The van der Waals surface area contributed by atoms with Gasteiger partial charge in [-0.3, -0.25) is 14.0 Å². The van der Waals surface area contributed by atoms with E-state index in [0.29, 0.717) is 23.5 Å². The van der Waals surface area contributed by atoms with Crippen molar-refractivity contribution in [3.8, 4) is 27.9 Å². The first-order valence-electron chi connectivity index (χ1n) is 13.5. The Hall–Kier alpha value is -4.37. The summed E-state index contributed by atoms with van der Waals surface area (Å²) in [5.41, 5.74) is 5.64. The van der Waals surface area contributed by atoms with Crippen molar-refractivity contribution in [1.29, 1.82) is 0 Å². The van der Waals surface area contributed by atoms with Gasteiger partial charge in [-0.05, 0) is 79.5 Å². The van der Waals surface area contributed by atoms with Crippen LogP contribution < -0.4 is 5.32 Å². The molecule has 9 heteroatoms. The van der Waals surface area contributed by atoms with Crippen LogP contribution in [0.3, 0.4) is 0 Å². The Kier molecular flexibility index (Phi) is 6.89. The highest BCUT2D eigenvalue weighted by atomic mass is 19.1. The molecule has 1 fully saturated rings. The lowest BCUT2D eigenvalue weighted by molar-refractivity contribution is -0.121. The number of aromatic nitrogens is 4. The summed E-state index contributed by atoms with van der Waals surface area (Å²) in [5.74, 6) is -1.49. The highest BCUT2D eigenvalue weighted by molar-refractivity contribution is 5.94. The van der Waals surface area contributed by atoms with Crippen molar-refractivity contribution in [2.24, 2.45) is 13.0 Å². The number of aryl methyl sites for hydroxylation is 1. The van der Waals surface area contributed by atoms with Gasteiger partial charge in [0.05, 0.1) is 23.1 Å². The number of benzene rings is 3. The Morgan fingerprint density at radius 1 is 1.05 bits per heavy atom. The maximum absolute atomic E-state index is 14.9. The molecule has 204 valence electrons. The van der Waals surface area contributed by atoms with Crippen molar-refractivity contribution in [2.75, 3.05) is 25.0 Å². The lowest BCUT2D eigenvalue weighted by atomic mass is 9.97. The second-order valence-corrected chi connectivity index (χ2v) is 10.3. The summed E-state index contributed by atoms with van der Waals surface area (Å²) in [6.45, 7) is 4.72. The Balaban J connectivity index is 1.40. The molecule has 0 bridgehead atoms. The minimum atomic E-state index is -0.670. The molecule has 7 nitrogen and oxygen atoms in total. The number of piperidine rings is 1. The first kappa shape index (κ1) is 25.9. The fraction of sp³-hybridized carbons (Fsp3) is 0.258. The summed E-state index contributed by atoms with van der Waals surface area (Å²) in [7, 11) is 1.87. The van der Waals surface area contributed by atoms with E-state index in [2.05, 4.69) is 27.2 Å². The van der Waals surface area contributed by atoms with Crippen molar-refractivity contribution in [3.63, 3.8) is 0 Å². The van der Waals surface area contributed by atoms with Gasteiger partial charge in [0, 0.05) is 48.4 Å². The minimum Gasteiger partial charge on any atom is -0.326 e. The number of carbonyl (C=O) groups excluding carboxylic acids is 1. The quantitative estimate of drug-likeness (QED) is 0.285. The highest BCUT2D eigenvalue weighted by Gasteiger charge is 2.25. The molecule has 40 heavy (non-hydrogen) atoms. The van der Waals surface area contributed by atoms with E-state index in [-0.39, 0.29) is 17.4 Å². The van der Waals surface area contributed by atoms with Crippen LogP contribution in [0.4, 0.5) is 14.5 Å². The molecule has 2 aromatic heterocycles. The van der Waals surface area contributed by atoms with E-state index in [9.17, 15) is 13.6 Å².